The fourth-order valence-corrected chi connectivity index (χ4v) is 3.60. The Hall–Kier alpha value is -1.62. The van der Waals surface area contributed by atoms with Crippen LogP contribution in [0.2, 0.25) is 0 Å². The first-order valence-electron chi connectivity index (χ1n) is 8.95. The predicted molar refractivity (Wildman–Crippen MR) is 94.6 cm³/mol. The van der Waals surface area contributed by atoms with Gasteiger partial charge in [0.1, 0.15) is 0 Å². The molecule has 0 aromatic carbocycles. The molecule has 2 fully saturated rings. The summed E-state index contributed by atoms with van der Waals surface area (Å²) in [7, 11) is 0. The van der Waals surface area contributed by atoms with Crippen LogP contribution < -0.4 is 5.32 Å². The fraction of sp³-hybridized carbons (Fsp3) is 0.667. The summed E-state index contributed by atoms with van der Waals surface area (Å²) in [5, 5.41) is 3.46. The topological polar surface area (TPSA) is 43.8 Å². The van der Waals surface area contributed by atoms with Crippen LogP contribution in [-0.2, 0) is 6.54 Å². The maximum Gasteiger partial charge on any atom is 0.194 e. The molecule has 0 radical (unpaired) electrons. The highest BCUT2D eigenvalue weighted by Crippen LogP contribution is 2.20. The number of nitrogens with zero attached hydrogens (tertiary/aromatic N) is 4. The summed E-state index contributed by atoms with van der Waals surface area (Å²) >= 11 is 0. The molecular formula is C18H29N5. The third kappa shape index (κ3) is 4.02. The number of likely N-dealkylation sites (tertiary alicyclic amines) is 2. The second-order valence-electron chi connectivity index (χ2n) is 6.57. The molecule has 2 aliphatic rings. The highest BCUT2D eigenvalue weighted by atomic mass is 15.3. The molecule has 1 aromatic heterocycles. The van der Waals surface area contributed by atoms with E-state index in [9.17, 15) is 0 Å². The number of aryl methyl sites for hydroxylation is 1. The van der Waals surface area contributed by atoms with Crippen molar-refractivity contribution in [2.45, 2.75) is 45.7 Å². The molecule has 1 atom stereocenters. The molecule has 0 saturated carbocycles. The van der Waals surface area contributed by atoms with Gasteiger partial charge in [0, 0.05) is 31.9 Å². The van der Waals surface area contributed by atoms with Crippen molar-refractivity contribution >= 4 is 5.96 Å². The Morgan fingerprint density at radius 1 is 1.35 bits per heavy atom. The van der Waals surface area contributed by atoms with Crippen LogP contribution in [0.25, 0.3) is 0 Å². The van der Waals surface area contributed by atoms with Crippen molar-refractivity contribution in [1.29, 1.82) is 0 Å². The highest BCUT2D eigenvalue weighted by molar-refractivity contribution is 5.80. The number of hydrogen-bond acceptors (Lipinski definition) is 3. The van der Waals surface area contributed by atoms with E-state index in [1.54, 1.807) is 0 Å². The summed E-state index contributed by atoms with van der Waals surface area (Å²) in [6, 6.07) is 4.79. The summed E-state index contributed by atoms with van der Waals surface area (Å²) in [6.07, 6.45) is 5.84. The Morgan fingerprint density at radius 3 is 2.91 bits per heavy atom. The Labute approximate surface area is 139 Å². The first kappa shape index (κ1) is 16.2. The van der Waals surface area contributed by atoms with Gasteiger partial charge in [-0.25, -0.2) is 4.99 Å². The van der Waals surface area contributed by atoms with E-state index < -0.39 is 0 Å². The van der Waals surface area contributed by atoms with Crippen molar-refractivity contribution < 1.29 is 0 Å². The molecule has 1 unspecified atom stereocenters. The maximum atomic E-state index is 4.84. The van der Waals surface area contributed by atoms with Crippen LogP contribution in [0.1, 0.15) is 37.4 Å². The molecule has 1 N–H and O–H groups in total. The SMILES string of the molecule is CCNC(=NCc1ncccc1C)N1CCC(N2CCCC2)C1. The molecular weight excluding hydrogens is 286 g/mol. The number of aliphatic imine (C=N–C) groups is 1. The molecule has 3 heterocycles. The van der Waals surface area contributed by atoms with Crippen molar-refractivity contribution in [2.75, 3.05) is 32.7 Å². The van der Waals surface area contributed by atoms with E-state index in [-0.39, 0.29) is 0 Å². The van der Waals surface area contributed by atoms with Gasteiger partial charge in [0.15, 0.2) is 5.96 Å². The number of pyridine rings is 1. The number of guanidine groups is 1. The number of nitrogens with one attached hydrogen (secondary N) is 1. The van der Waals surface area contributed by atoms with E-state index in [4.69, 9.17) is 4.99 Å². The minimum atomic E-state index is 0.653. The van der Waals surface area contributed by atoms with Crippen LogP contribution >= 0.6 is 0 Å². The minimum Gasteiger partial charge on any atom is -0.357 e. The summed E-state index contributed by atoms with van der Waals surface area (Å²) in [6.45, 7) is 10.6. The van der Waals surface area contributed by atoms with Crippen LogP contribution in [0.4, 0.5) is 0 Å². The van der Waals surface area contributed by atoms with E-state index in [2.05, 4.69) is 40.0 Å². The molecule has 0 bridgehead atoms. The van der Waals surface area contributed by atoms with Gasteiger partial charge in [0.05, 0.1) is 12.2 Å². The van der Waals surface area contributed by atoms with Crippen molar-refractivity contribution in [3.8, 4) is 0 Å². The maximum absolute atomic E-state index is 4.84. The first-order valence-corrected chi connectivity index (χ1v) is 8.95. The molecule has 23 heavy (non-hydrogen) atoms. The molecule has 2 aliphatic heterocycles. The first-order chi connectivity index (χ1) is 11.3. The van der Waals surface area contributed by atoms with Gasteiger partial charge >= 0.3 is 0 Å². The lowest BCUT2D eigenvalue weighted by Crippen LogP contribution is -2.42. The van der Waals surface area contributed by atoms with Gasteiger partial charge in [-0.3, -0.25) is 9.88 Å². The van der Waals surface area contributed by atoms with E-state index in [1.807, 2.05) is 12.3 Å². The molecule has 0 aliphatic carbocycles. The summed E-state index contributed by atoms with van der Waals surface area (Å²) in [5.74, 6) is 1.04. The van der Waals surface area contributed by atoms with E-state index in [0.717, 1.165) is 31.3 Å². The Bertz CT molecular complexity index is 536. The normalized spacial score (nSPS) is 22.8. The van der Waals surface area contributed by atoms with Crippen LogP contribution in [0.15, 0.2) is 23.3 Å². The Balaban J connectivity index is 1.64. The number of hydrogen-bond donors (Lipinski definition) is 1. The molecule has 3 rings (SSSR count). The lowest BCUT2D eigenvalue weighted by molar-refractivity contribution is 0.249. The van der Waals surface area contributed by atoms with Crippen LogP contribution in [0.3, 0.4) is 0 Å². The summed E-state index contributed by atoms with van der Waals surface area (Å²) < 4.78 is 0. The van der Waals surface area contributed by atoms with Crippen molar-refractivity contribution in [1.82, 2.24) is 20.1 Å². The van der Waals surface area contributed by atoms with E-state index in [1.165, 1.54) is 37.9 Å². The number of aromatic nitrogens is 1. The minimum absolute atomic E-state index is 0.653. The van der Waals surface area contributed by atoms with Crippen LogP contribution in [-0.4, -0.2) is 59.5 Å². The second kappa shape index (κ2) is 7.77. The van der Waals surface area contributed by atoms with E-state index in [0.29, 0.717) is 12.6 Å². The van der Waals surface area contributed by atoms with Crippen molar-refractivity contribution in [3.05, 3.63) is 29.6 Å². The van der Waals surface area contributed by atoms with Crippen molar-refractivity contribution in [3.63, 3.8) is 0 Å². The molecule has 126 valence electrons. The molecule has 0 spiro atoms. The van der Waals surface area contributed by atoms with Crippen molar-refractivity contribution in [2.24, 2.45) is 4.99 Å². The Morgan fingerprint density at radius 2 is 2.17 bits per heavy atom. The molecule has 2 saturated heterocycles. The van der Waals surface area contributed by atoms with Gasteiger partial charge in [-0.2, -0.15) is 0 Å². The van der Waals surface area contributed by atoms with E-state index >= 15 is 0 Å². The zero-order chi connectivity index (χ0) is 16.1. The van der Waals surface area contributed by atoms with Gasteiger partial charge in [0.2, 0.25) is 0 Å². The predicted octanol–water partition coefficient (Wildman–Crippen LogP) is 2.03. The molecule has 5 nitrogen and oxygen atoms in total. The summed E-state index contributed by atoms with van der Waals surface area (Å²) in [4.78, 5) is 14.4. The zero-order valence-corrected chi connectivity index (χ0v) is 14.5. The van der Waals surface area contributed by atoms with Gasteiger partial charge in [0.25, 0.3) is 0 Å². The zero-order valence-electron chi connectivity index (χ0n) is 14.5. The second-order valence-corrected chi connectivity index (χ2v) is 6.57. The Kier molecular flexibility index (Phi) is 5.49. The largest absolute Gasteiger partial charge is 0.357 e. The highest BCUT2D eigenvalue weighted by Gasteiger charge is 2.30. The lowest BCUT2D eigenvalue weighted by Gasteiger charge is -2.25. The summed E-state index contributed by atoms with van der Waals surface area (Å²) in [5.41, 5.74) is 2.28. The van der Waals surface area contributed by atoms with Gasteiger partial charge < -0.3 is 10.2 Å². The van der Waals surface area contributed by atoms with Crippen LogP contribution in [0.5, 0.6) is 0 Å². The third-order valence-corrected chi connectivity index (χ3v) is 4.95. The standard InChI is InChI=1S/C18H29N5/c1-3-19-18(21-13-17-15(2)7-6-9-20-17)23-12-8-16(14-23)22-10-4-5-11-22/h6-7,9,16H,3-5,8,10-14H2,1-2H3,(H,19,21). The monoisotopic (exact) mass is 315 g/mol. The quantitative estimate of drug-likeness (QED) is 0.682. The third-order valence-electron chi connectivity index (χ3n) is 4.95. The molecule has 0 amide bonds. The smallest absolute Gasteiger partial charge is 0.194 e. The molecule has 5 heteroatoms. The average Bonchev–Trinajstić information content (AvgIpc) is 3.23. The van der Waals surface area contributed by atoms with Gasteiger partial charge in [-0.15, -0.1) is 0 Å². The fourth-order valence-electron chi connectivity index (χ4n) is 3.60. The number of rotatable bonds is 4. The molecule has 1 aromatic rings. The van der Waals surface area contributed by atoms with Gasteiger partial charge in [-0.05, 0) is 57.8 Å². The average molecular weight is 315 g/mol. The lowest BCUT2D eigenvalue weighted by atomic mass is 10.2. The van der Waals surface area contributed by atoms with Gasteiger partial charge in [-0.1, -0.05) is 6.07 Å². The van der Waals surface area contributed by atoms with Crippen LogP contribution in [0, 0.1) is 6.92 Å².